The second kappa shape index (κ2) is 8.31. The van der Waals surface area contributed by atoms with Crippen LogP contribution >= 0.6 is 11.6 Å². The summed E-state index contributed by atoms with van der Waals surface area (Å²) in [6, 6.07) is 8.87. The topological polar surface area (TPSA) is 77.3 Å². The minimum absolute atomic E-state index is 0.0879. The van der Waals surface area contributed by atoms with E-state index < -0.39 is 17.3 Å². The predicted molar refractivity (Wildman–Crippen MR) is 105 cm³/mol. The summed E-state index contributed by atoms with van der Waals surface area (Å²) in [6.07, 6.45) is 0.479. The van der Waals surface area contributed by atoms with Gasteiger partial charge in [-0.2, -0.15) is 23.0 Å². The van der Waals surface area contributed by atoms with Crippen LogP contribution in [0.1, 0.15) is 17.1 Å². The summed E-state index contributed by atoms with van der Waals surface area (Å²) in [5, 5.41) is 3.88. The fourth-order valence-corrected chi connectivity index (χ4v) is 3.14. The summed E-state index contributed by atoms with van der Waals surface area (Å²) in [4.78, 5) is 18.2. The molecule has 0 radical (unpaired) electrons. The van der Waals surface area contributed by atoms with E-state index in [0.717, 1.165) is 16.8 Å². The number of anilines is 1. The Morgan fingerprint density at radius 2 is 1.65 bits per heavy atom. The maximum Gasteiger partial charge on any atom is 0.417 e. The molecule has 0 unspecified atom stereocenters. The zero-order valence-electron chi connectivity index (χ0n) is 15.7. The summed E-state index contributed by atoms with van der Waals surface area (Å²) >= 11 is 6.34. The second-order valence-electron chi connectivity index (χ2n) is 6.48. The Labute approximate surface area is 178 Å². The number of hydrogen-bond donors (Lipinski definition) is 0. The third-order valence-corrected chi connectivity index (χ3v) is 4.74. The van der Waals surface area contributed by atoms with Crippen molar-refractivity contribution >= 4 is 17.3 Å². The minimum atomic E-state index is -4.54. The first-order valence-corrected chi connectivity index (χ1v) is 9.32. The third-order valence-electron chi connectivity index (χ3n) is 4.39. The Balaban J connectivity index is 1.69. The van der Waals surface area contributed by atoms with Crippen molar-refractivity contribution in [2.45, 2.75) is 19.3 Å². The van der Waals surface area contributed by atoms with E-state index in [1.807, 2.05) is 0 Å². The number of rotatable bonds is 6. The average molecular weight is 451 g/mol. The molecule has 0 spiro atoms. The van der Waals surface area contributed by atoms with Gasteiger partial charge in [0.25, 0.3) is 5.56 Å². The van der Waals surface area contributed by atoms with E-state index in [2.05, 4.69) is 10.1 Å². The van der Waals surface area contributed by atoms with Gasteiger partial charge in [-0.05, 0) is 36.4 Å². The highest BCUT2D eigenvalue weighted by molar-refractivity contribution is 6.33. The number of furan rings is 2. The standard InChI is InChI=1S/C20H14ClF3N4O3/c21-18-16(27(11-14-3-1-7-30-14)12-15-4-2-8-31-15)10-26-28(19(18)29)17-6-5-13(9-25-17)20(22,23)24/h1-10H,11-12H2. The van der Waals surface area contributed by atoms with Crippen molar-refractivity contribution in [2.75, 3.05) is 4.90 Å². The molecule has 0 aromatic carbocycles. The highest BCUT2D eigenvalue weighted by Crippen LogP contribution is 2.29. The summed E-state index contributed by atoms with van der Waals surface area (Å²) in [5.74, 6) is 1.16. The average Bonchev–Trinajstić information content (AvgIpc) is 3.43. The van der Waals surface area contributed by atoms with Crippen molar-refractivity contribution in [1.29, 1.82) is 0 Å². The molecule has 11 heteroatoms. The van der Waals surface area contributed by atoms with Gasteiger partial charge in [-0.25, -0.2) is 4.98 Å². The van der Waals surface area contributed by atoms with E-state index in [-0.39, 0.29) is 23.9 Å². The summed E-state index contributed by atoms with van der Waals surface area (Å²) < 4.78 is 49.9. The lowest BCUT2D eigenvalue weighted by Gasteiger charge is -2.23. The molecule has 0 saturated carbocycles. The van der Waals surface area contributed by atoms with Gasteiger partial charge in [0.15, 0.2) is 5.82 Å². The first-order valence-electron chi connectivity index (χ1n) is 8.94. The van der Waals surface area contributed by atoms with E-state index in [4.69, 9.17) is 20.4 Å². The fourth-order valence-electron chi connectivity index (χ4n) is 2.89. The Hall–Kier alpha value is -3.53. The van der Waals surface area contributed by atoms with Crippen LogP contribution < -0.4 is 10.5 Å². The van der Waals surface area contributed by atoms with E-state index in [1.54, 1.807) is 29.2 Å². The van der Waals surface area contributed by atoms with Gasteiger partial charge in [-0.1, -0.05) is 11.6 Å². The molecule has 0 fully saturated rings. The SMILES string of the molecule is O=c1c(Cl)c(N(Cc2ccco2)Cc2ccco2)cnn1-c1ccc(C(F)(F)F)cn1. The number of hydrogen-bond acceptors (Lipinski definition) is 6. The van der Waals surface area contributed by atoms with Crippen molar-refractivity contribution in [3.63, 3.8) is 0 Å². The summed E-state index contributed by atoms with van der Waals surface area (Å²) in [5.41, 5.74) is -1.35. The molecule has 4 rings (SSSR count). The van der Waals surface area contributed by atoms with Gasteiger partial charge in [0.2, 0.25) is 0 Å². The van der Waals surface area contributed by atoms with Crippen LogP contribution in [-0.4, -0.2) is 14.8 Å². The van der Waals surface area contributed by atoms with Crippen molar-refractivity contribution < 1.29 is 22.0 Å². The monoisotopic (exact) mass is 450 g/mol. The molecule has 4 aromatic heterocycles. The summed E-state index contributed by atoms with van der Waals surface area (Å²) in [6.45, 7) is 0.550. The lowest BCUT2D eigenvalue weighted by atomic mass is 10.3. The molecule has 4 aromatic rings. The van der Waals surface area contributed by atoms with Gasteiger partial charge in [0.05, 0.1) is 43.1 Å². The normalized spacial score (nSPS) is 11.6. The van der Waals surface area contributed by atoms with E-state index in [0.29, 0.717) is 23.4 Å². The lowest BCUT2D eigenvalue weighted by molar-refractivity contribution is -0.137. The number of aromatic nitrogens is 3. The Kier molecular flexibility index (Phi) is 5.55. The van der Waals surface area contributed by atoms with Crippen LogP contribution in [0.2, 0.25) is 5.02 Å². The molecule has 0 saturated heterocycles. The van der Waals surface area contributed by atoms with Crippen LogP contribution in [0, 0.1) is 0 Å². The number of pyridine rings is 1. The lowest BCUT2D eigenvalue weighted by Crippen LogP contribution is -2.28. The fraction of sp³-hybridized carbons (Fsp3) is 0.150. The largest absolute Gasteiger partial charge is 0.467 e. The molecule has 0 atom stereocenters. The number of alkyl halides is 3. The molecule has 31 heavy (non-hydrogen) atoms. The molecule has 0 aliphatic heterocycles. The van der Waals surface area contributed by atoms with Crippen LogP contribution in [0.5, 0.6) is 0 Å². The van der Waals surface area contributed by atoms with Gasteiger partial charge in [-0.15, -0.1) is 0 Å². The molecule has 0 N–H and O–H groups in total. The van der Waals surface area contributed by atoms with E-state index in [1.165, 1.54) is 18.7 Å². The molecule has 0 amide bonds. The summed E-state index contributed by atoms with van der Waals surface area (Å²) in [7, 11) is 0. The highest BCUT2D eigenvalue weighted by Gasteiger charge is 2.31. The molecule has 0 aliphatic carbocycles. The van der Waals surface area contributed by atoms with E-state index >= 15 is 0 Å². The Morgan fingerprint density at radius 1 is 1.00 bits per heavy atom. The number of halogens is 4. The highest BCUT2D eigenvalue weighted by atomic mass is 35.5. The van der Waals surface area contributed by atoms with Gasteiger partial charge in [0.1, 0.15) is 16.5 Å². The first kappa shape index (κ1) is 20.7. The molecule has 0 aliphatic rings. The van der Waals surface area contributed by atoms with Crippen molar-refractivity contribution in [1.82, 2.24) is 14.8 Å². The molecule has 160 valence electrons. The first-order chi connectivity index (χ1) is 14.8. The maximum absolute atomic E-state index is 12.8. The van der Waals surface area contributed by atoms with Crippen LogP contribution in [0.15, 0.2) is 74.9 Å². The number of nitrogens with zero attached hydrogens (tertiary/aromatic N) is 4. The van der Waals surface area contributed by atoms with E-state index in [9.17, 15) is 18.0 Å². The van der Waals surface area contributed by atoms with Crippen molar-refractivity contribution in [3.8, 4) is 5.82 Å². The molecule has 4 heterocycles. The molecular formula is C20H14ClF3N4O3. The smallest absolute Gasteiger partial charge is 0.417 e. The quantitative estimate of drug-likeness (QED) is 0.424. The molecule has 0 bridgehead atoms. The maximum atomic E-state index is 12.8. The van der Waals surface area contributed by atoms with Crippen molar-refractivity contribution in [2.24, 2.45) is 0 Å². The van der Waals surface area contributed by atoms with Crippen LogP contribution in [-0.2, 0) is 19.3 Å². The minimum Gasteiger partial charge on any atom is -0.467 e. The zero-order chi connectivity index (χ0) is 22.0. The Bertz CT molecular complexity index is 1170. The van der Waals surface area contributed by atoms with Crippen molar-refractivity contribution in [3.05, 3.63) is 93.8 Å². The van der Waals surface area contributed by atoms with Gasteiger partial charge in [-0.3, -0.25) is 4.79 Å². The van der Waals surface area contributed by atoms with Crippen LogP contribution in [0.3, 0.4) is 0 Å². The van der Waals surface area contributed by atoms with Crippen LogP contribution in [0.4, 0.5) is 18.9 Å². The van der Waals surface area contributed by atoms with Gasteiger partial charge in [0, 0.05) is 6.20 Å². The zero-order valence-corrected chi connectivity index (χ0v) is 16.5. The Morgan fingerprint density at radius 3 is 2.13 bits per heavy atom. The molecular weight excluding hydrogens is 437 g/mol. The van der Waals surface area contributed by atoms with Gasteiger partial charge >= 0.3 is 6.18 Å². The van der Waals surface area contributed by atoms with Gasteiger partial charge < -0.3 is 13.7 Å². The van der Waals surface area contributed by atoms with Crippen LogP contribution in [0.25, 0.3) is 5.82 Å². The second-order valence-corrected chi connectivity index (χ2v) is 6.86. The predicted octanol–water partition coefficient (Wildman–Crippen LogP) is 4.69. The molecule has 7 nitrogen and oxygen atoms in total. The third kappa shape index (κ3) is 4.48.